The van der Waals surface area contributed by atoms with Gasteiger partial charge in [0.15, 0.2) is 17.3 Å². The molecule has 1 N–H and O–H groups in total. The number of anilines is 1. The summed E-state index contributed by atoms with van der Waals surface area (Å²) in [5.74, 6) is 1.79. The molecule has 1 aromatic carbocycles. The van der Waals surface area contributed by atoms with Crippen molar-refractivity contribution >= 4 is 17.6 Å². The van der Waals surface area contributed by atoms with Crippen LogP contribution in [0, 0.1) is 5.92 Å². The van der Waals surface area contributed by atoms with Gasteiger partial charge in [0.1, 0.15) is 11.8 Å². The van der Waals surface area contributed by atoms with Gasteiger partial charge in [0.2, 0.25) is 5.91 Å². The number of amides is 2. The van der Waals surface area contributed by atoms with Gasteiger partial charge in [0.05, 0.1) is 13.2 Å². The van der Waals surface area contributed by atoms with Crippen LogP contribution in [-0.2, 0) is 16.6 Å². The van der Waals surface area contributed by atoms with Gasteiger partial charge in [-0.15, -0.1) is 0 Å². The van der Waals surface area contributed by atoms with Crippen LogP contribution >= 0.6 is 0 Å². The Morgan fingerprint density at radius 2 is 1.97 bits per heavy atom. The fraction of sp³-hybridized carbons (Fsp3) is 0.409. The molecule has 1 atom stereocenters. The Morgan fingerprint density at radius 3 is 2.60 bits per heavy atom. The molecule has 0 spiro atoms. The van der Waals surface area contributed by atoms with Crippen molar-refractivity contribution in [2.75, 3.05) is 18.5 Å². The Labute approximate surface area is 176 Å². The molecular weight excluding hydrogens is 384 g/mol. The Kier molecular flexibility index (Phi) is 6.76. The lowest BCUT2D eigenvalue weighted by molar-refractivity contribution is -0.133. The fourth-order valence-electron chi connectivity index (χ4n) is 3.30. The van der Waals surface area contributed by atoms with Crippen molar-refractivity contribution in [3.63, 3.8) is 0 Å². The van der Waals surface area contributed by atoms with Crippen LogP contribution in [0.15, 0.2) is 48.4 Å². The molecule has 0 unspecified atom stereocenters. The van der Waals surface area contributed by atoms with Crippen LogP contribution in [0.25, 0.3) is 0 Å². The van der Waals surface area contributed by atoms with E-state index >= 15 is 0 Å². The third kappa shape index (κ3) is 5.20. The third-order valence-electron chi connectivity index (χ3n) is 4.62. The van der Waals surface area contributed by atoms with Gasteiger partial charge in [0, 0.05) is 25.4 Å². The van der Waals surface area contributed by atoms with E-state index in [2.05, 4.69) is 10.4 Å². The molecular formula is C22H28N4O4. The van der Waals surface area contributed by atoms with Crippen molar-refractivity contribution < 1.29 is 19.1 Å². The molecule has 0 saturated carbocycles. The van der Waals surface area contributed by atoms with E-state index in [9.17, 15) is 9.59 Å². The first-order valence-electron chi connectivity index (χ1n) is 10.1. The van der Waals surface area contributed by atoms with Gasteiger partial charge in [-0.2, -0.15) is 5.10 Å². The fourth-order valence-corrected chi connectivity index (χ4v) is 3.30. The summed E-state index contributed by atoms with van der Waals surface area (Å²) in [7, 11) is 1.78. The zero-order valence-corrected chi connectivity index (χ0v) is 17.8. The minimum atomic E-state index is -0.626. The number of carbonyl (C=O) groups is 2. The zero-order chi connectivity index (χ0) is 21.7. The first kappa shape index (κ1) is 21.4. The van der Waals surface area contributed by atoms with Crippen LogP contribution in [0.3, 0.4) is 0 Å². The van der Waals surface area contributed by atoms with E-state index in [0.29, 0.717) is 36.1 Å². The Balaban J connectivity index is 1.73. The highest BCUT2D eigenvalue weighted by Gasteiger charge is 2.35. The number of para-hydroxylation sites is 2. The van der Waals surface area contributed by atoms with Gasteiger partial charge < -0.3 is 19.7 Å². The predicted octanol–water partition coefficient (Wildman–Crippen LogP) is 2.98. The Hall–Kier alpha value is -3.29. The molecule has 2 heterocycles. The van der Waals surface area contributed by atoms with Crippen molar-refractivity contribution in [3.8, 4) is 11.5 Å². The summed E-state index contributed by atoms with van der Waals surface area (Å²) in [6, 6.07) is 8.40. The Morgan fingerprint density at radius 1 is 1.23 bits per heavy atom. The van der Waals surface area contributed by atoms with E-state index in [4.69, 9.17) is 9.47 Å². The SMILES string of the molecule is CCOc1ccccc1OC1=CC(=O)N([C@@H](CC(C)C)C(=O)Nc2ccn(C)n2)C1. The number of benzene rings is 1. The number of aryl methyl sites for hydroxylation is 1. The predicted molar refractivity (Wildman–Crippen MR) is 113 cm³/mol. The zero-order valence-electron chi connectivity index (χ0n) is 17.8. The van der Waals surface area contributed by atoms with Gasteiger partial charge in [-0.05, 0) is 31.4 Å². The summed E-state index contributed by atoms with van der Waals surface area (Å²) in [4.78, 5) is 27.2. The molecule has 30 heavy (non-hydrogen) atoms. The number of aromatic nitrogens is 2. The summed E-state index contributed by atoms with van der Waals surface area (Å²) in [6.45, 7) is 6.66. The van der Waals surface area contributed by atoms with Crippen molar-refractivity contribution in [3.05, 3.63) is 48.4 Å². The van der Waals surface area contributed by atoms with Crippen LogP contribution in [0.5, 0.6) is 11.5 Å². The molecule has 160 valence electrons. The molecule has 0 aliphatic carbocycles. The van der Waals surface area contributed by atoms with Gasteiger partial charge in [-0.25, -0.2) is 0 Å². The molecule has 0 bridgehead atoms. The highest BCUT2D eigenvalue weighted by atomic mass is 16.5. The van der Waals surface area contributed by atoms with E-state index in [-0.39, 0.29) is 24.3 Å². The number of ether oxygens (including phenoxy) is 2. The van der Waals surface area contributed by atoms with Crippen molar-refractivity contribution in [2.45, 2.75) is 33.2 Å². The number of nitrogens with one attached hydrogen (secondary N) is 1. The van der Waals surface area contributed by atoms with Gasteiger partial charge in [0.25, 0.3) is 5.91 Å². The summed E-state index contributed by atoms with van der Waals surface area (Å²) in [5, 5.41) is 6.99. The number of hydrogen-bond donors (Lipinski definition) is 1. The van der Waals surface area contributed by atoms with E-state index < -0.39 is 6.04 Å². The van der Waals surface area contributed by atoms with Crippen LogP contribution in [-0.4, -0.2) is 45.7 Å². The van der Waals surface area contributed by atoms with Crippen LogP contribution < -0.4 is 14.8 Å². The molecule has 3 rings (SSSR count). The molecule has 2 aromatic rings. The summed E-state index contributed by atoms with van der Waals surface area (Å²) >= 11 is 0. The average molecular weight is 412 g/mol. The van der Waals surface area contributed by atoms with Crippen LogP contribution in [0.1, 0.15) is 27.2 Å². The first-order chi connectivity index (χ1) is 14.4. The van der Waals surface area contributed by atoms with E-state index in [1.54, 1.807) is 30.1 Å². The quantitative estimate of drug-likeness (QED) is 0.684. The number of hydrogen-bond acceptors (Lipinski definition) is 5. The molecule has 1 aliphatic rings. The highest BCUT2D eigenvalue weighted by Crippen LogP contribution is 2.30. The first-order valence-corrected chi connectivity index (χ1v) is 10.1. The van der Waals surface area contributed by atoms with Gasteiger partial charge in [-0.3, -0.25) is 14.3 Å². The molecule has 1 aromatic heterocycles. The molecule has 1 aliphatic heterocycles. The minimum Gasteiger partial charge on any atom is -0.490 e. The summed E-state index contributed by atoms with van der Waals surface area (Å²) < 4.78 is 13.1. The molecule has 8 heteroatoms. The number of nitrogens with zero attached hydrogens (tertiary/aromatic N) is 3. The van der Waals surface area contributed by atoms with E-state index in [1.807, 2.05) is 39.0 Å². The lowest BCUT2D eigenvalue weighted by Gasteiger charge is -2.28. The van der Waals surface area contributed by atoms with Crippen molar-refractivity contribution in [1.82, 2.24) is 14.7 Å². The normalized spacial score (nSPS) is 14.6. The number of carbonyl (C=O) groups excluding carboxylic acids is 2. The molecule has 8 nitrogen and oxygen atoms in total. The maximum Gasteiger partial charge on any atom is 0.251 e. The topological polar surface area (TPSA) is 85.7 Å². The summed E-state index contributed by atoms with van der Waals surface area (Å²) in [6.07, 6.45) is 3.71. The van der Waals surface area contributed by atoms with Crippen molar-refractivity contribution in [2.24, 2.45) is 13.0 Å². The minimum absolute atomic E-state index is 0.215. The van der Waals surface area contributed by atoms with Crippen molar-refractivity contribution in [1.29, 1.82) is 0 Å². The molecule has 0 fully saturated rings. The molecule has 2 amide bonds. The lowest BCUT2D eigenvalue weighted by Crippen LogP contribution is -2.46. The second kappa shape index (κ2) is 9.47. The number of rotatable bonds is 9. The maximum atomic E-state index is 13.0. The van der Waals surface area contributed by atoms with Gasteiger partial charge in [-0.1, -0.05) is 26.0 Å². The second-order valence-corrected chi connectivity index (χ2v) is 7.57. The largest absolute Gasteiger partial charge is 0.490 e. The van der Waals surface area contributed by atoms with E-state index in [0.717, 1.165) is 0 Å². The molecule has 0 saturated heterocycles. The van der Waals surface area contributed by atoms with Crippen LogP contribution in [0.4, 0.5) is 5.82 Å². The maximum absolute atomic E-state index is 13.0. The van der Waals surface area contributed by atoms with Gasteiger partial charge >= 0.3 is 0 Å². The lowest BCUT2D eigenvalue weighted by atomic mass is 10.0. The monoisotopic (exact) mass is 412 g/mol. The third-order valence-corrected chi connectivity index (χ3v) is 4.62. The van der Waals surface area contributed by atoms with E-state index in [1.165, 1.54) is 11.0 Å². The Bertz CT molecular complexity index is 935. The summed E-state index contributed by atoms with van der Waals surface area (Å²) in [5.41, 5.74) is 0. The smallest absolute Gasteiger partial charge is 0.251 e. The molecule has 0 radical (unpaired) electrons. The highest BCUT2D eigenvalue weighted by molar-refractivity contribution is 5.99. The average Bonchev–Trinajstić information content (AvgIpc) is 3.26. The standard InChI is InChI=1S/C22H28N4O4/c1-5-29-18-8-6-7-9-19(18)30-16-13-21(27)26(14-16)17(12-15(2)3)22(28)23-20-10-11-25(4)24-20/h6-11,13,15,17H,5,12,14H2,1-4H3,(H,23,24,28)/t17-/m0/s1. The second-order valence-electron chi connectivity index (χ2n) is 7.57. The van der Waals surface area contributed by atoms with Crippen LogP contribution in [0.2, 0.25) is 0 Å².